The fourth-order valence-corrected chi connectivity index (χ4v) is 10.9. The zero-order valence-electron chi connectivity index (χ0n) is 65.0. The molecule has 0 fully saturated rings. The highest BCUT2D eigenvalue weighted by atomic mass is 31.2. The van der Waals surface area contributed by atoms with Crippen LogP contribution < -0.4 is 0 Å². The Bertz CT molecular complexity index is 2830. The number of carbonyl (C=O) groups is 4. The quantitative estimate of drug-likeness (QED) is 0.0169. The lowest BCUT2D eigenvalue weighted by Gasteiger charge is -2.21. The van der Waals surface area contributed by atoms with Crippen molar-refractivity contribution in [2.45, 2.75) is 277 Å². The Morgan fingerprint density at radius 3 is 0.868 bits per heavy atom. The zero-order chi connectivity index (χ0) is 77.4. The number of unbranched alkanes of at least 4 members (excludes halogenated alkanes) is 11. The number of carbonyl (C=O) groups excluding carboxylic acids is 4. The summed E-state index contributed by atoms with van der Waals surface area (Å²) in [4.78, 5) is 72.9. The van der Waals surface area contributed by atoms with Crippen molar-refractivity contribution >= 4 is 39.5 Å². The van der Waals surface area contributed by atoms with Gasteiger partial charge in [-0.15, -0.1) is 0 Å². The lowest BCUT2D eigenvalue weighted by molar-refractivity contribution is -0.161. The summed E-state index contributed by atoms with van der Waals surface area (Å²) in [6, 6.07) is 0. The van der Waals surface area contributed by atoms with Gasteiger partial charge in [-0.25, -0.2) is 9.13 Å². The first-order chi connectivity index (χ1) is 51.7. The summed E-state index contributed by atoms with van der Waals surface area (Å²) in [7, 11) is -10.0. The van der Waals surface area contributed by atoms with Crippen LogP contribution in [0.3, 0.4) is 0 Å². The van der Waals surface area contributed by atoms with Gasteiger partial charge in [-0.3, -0.25) is 37.3 Å². The Labute approximate surface area is 639 Å². The third-order valence-electron chi connectivity index (χ3n) is 15.2. The number of hydrogen-bond acceptors (Lipinski definition) is 15. The maximum absolute atomic E-state index is 13.1. The number of phosphoric acid groups is 2. The van der Waals surface area contributed by atoms with Gasteiger partial charge in [0.25, 0.3) is 0 Å². The van der Waals surface area contributed by atoms with Gasteiger partial charge in [-0.1, -0.05) is 273 Å². The van der Waals surface area contributed by atoms with Crippen molar-refractivity contribution < 1.29 is 80.2 Å². The molecule has 0 saturated heterocycles. The Hall–Kier alpha value is -6.36. The van der Waals surface area contributed by atoms with Crippen molar-refractivity contribution in [1.29, 1.82) is 0 Å². The summed E-state index contributed by atoms with van der Waals surface area (Å²) >= 11 is 0. The molecule has 106 heavy (non-hydrogen) atoms. The van der Waals surface area contributed by atoms with Crippen LogP contribution in [0.15, 0.2) is 207 Å². The van der Waals surface area contributed by atoms with Crippen LogP contribution in [0.25, 0.3) is 0 Å². The van der Waals surface area contributed by atoms with Crippen LogP contribution in [0.1, 0.15) is 259 Å². The van der Waals surface area contributed by atoms with Crippen molar-refractivity contribution in [3.05, 3.63) is 207 Å². The van der Waals surface area contributed by atoms with Gasteiger partial charge in [-0.2, -0.15) is 0 Å². The SMILES string of the molecule is CC/C=C\C/C=C\C/C=C\C/C=C\C/C=C\C/C=C\CCC(=O)OCC(COP(=O)(O)OCC(O)COP(=O)(O)OCC(COC(=O)CCCCC/C=C\C/C=C\C/C=C\C/C=C\C/C=C\CC)OC(=O)CCCCCCC/C=C\CCCC)OC(=O)CCC/C=C\C/C=C\C/C=C\C/C=C\C/C=C\CC. The third-order valence-corrected chi connectivity index (χ3v) is 17.1. The fourth-order valence-electron chi connectivity index (χ4n) is 9.35. The Morgan fingerprint density at radius 2 is 0.519 bits per heavy atom. The lowest BCUT2D eigenvalue weighted by Crippen LogP contribution is -2.30. The summed E-state index contributed by atoms with van der Waals surface area (Å²) in [5, 5.41) is 10.6. The van der Waals surface area contributed by atoms with Gasteiger partial charge in [-0.05, 0) is 167 Å². The van der Waals surface area contributed by atoms with Crippen molar-refractivity contribution in [3.63, 3.8) is 0 Å². The molecule has 0 aliphatic heterocycles. The largest absolute Gasteiger partial charge is 0.472 e. The maximum Gasteiger partial charge on any atom is 0.472 e. The highest BCUT2D eigenvalue weighted by Crippen LogP contribution is 2.45. The average Bonchev–Trinajstić information content (AvgIpc) is 0.919. The molecule has 0 amide bonds. The number of hydrogen-bond donors (Lipinski definition) is 3. The average molecular weight is 1520 g/mol. The predicted octanol–water partition coefficient (Wildman–Crippen LogP) is 23.1. The Morgan fingerprint density at radius 1 is 0.274 bits per heavy atom. The molecule has 0 rings (SSSR count). The molecule has 0 radical (unpaired) electrons. The second-order valence-corrected chi connectivity index (χ2v) is 28.1. The number of esters is 4. The molecule has 0 aliphatic carbocycles. The molecule has 0 bridgehead atoms. The van der Waals surface area contributed by atoms with Crippen molar-refractivity contribution in [3.8, 4) is 0 Å². The molecule has 17 nitrogen and oxygen atoms in total. The van der Waals surface area contributed by atoms with E-state index in [0.717, 1.165) is 161 Å². The van der Waals surface area contributed by atoms with Gasteiger partial charge in [0, 0.05) is 25.7 Å². The number of ether oxygens (including phenoxy) is 4. The molecule has 596 valence electrons. The first kappa shape index (κ1) is 99.6. The van der Waals surface area contributed by atoms with E-state index in [1.807, 2.05) is 30.4 Å². The van der Waals surface area contributed by atoms with Crippen LogP contribution >= 0.6 is 15.6 Å². The van der Waals surface area contributed by atoms with E-state index in [2.05, 4.69) is 204 Å². The first-order valence-corrected chi connectivity index (χ1v) is 42.3. The molecule has 0 spiro atoms. The summed E-state index contributed by atoms with van der Waals surface area (Å²) in [5.41, 5.74) is 0. The van der Waals surface area contributed by atoms with E-state index in [1.165, 1.54) is 6.42 Å². The normalized spacial score (nSPS) is 15.0. The Balaban J connectivity index is 5.51. The molecular formula is C87H136O17P2. The van der Waals surface area contributed by atoms with Gasteiger partial charge < -0.3 is 33.8 Å². The highest BCUT2D eigenvalue weighted by molar-refractivity contribution is 7.47. The minimum atomic E-state index is -5.02. The fraction of sp³-hybridized carbons (Fsp3) is 0.563. The van der Waals surface area contributed by atoms with Crippen LogP contribution in [0, 0.1) is 0 Å². The minimum absolute atomic E-state index is 0.00898. The standard InChI is InChI=1S/C87H136O17P2/c1-5-9-13-17-21-25-29-32-35-38-40-43-45-48-52-55-59-63-67-71-84(89)97-77-82(103-86(91)73-69-65-61-57-51-28-24-20-16-12-8-4)79-101-105(93,94)99-75-81(88)76-100-106(95,96)102-80-83(104-87(92)74-70-66-62-58-54-50-47-42-37-34-31-27-23-19-15-11-7-3)78-98-85(90)72-68-64-60-56-53-49-46-44-41-39-36-33-30-26-22-18-14-10-6-2/h9-11,13-15,20-27,32-37,40-41,43-44,47-50,52-53,58,60,62,64,81-83,88H,5-8,12,16-19,28-31,38-39,42,45-46,51,54-57,59,61,63,65-80H2,1-4H3,(H,93,94)(H,95,96)/b13-9-,14-10-,15-11-,24-20-,25-21-,26-22-,27-23-,35-32-,36-33-,37-34-,43-40-,44-41-,50-47-,52-48-,53-49-,62-58-,64-60-. The molecule has 0 aromatic carbocycles. The maximum atomic E-state index is 13.1. The van der Waals surface area contributed by atoms with Crippen LogP contribution in [-0.4, -0.2) is 96.7 Å². The highest BCUT2D eigenvalue weighted by Gasteiger charge is 2.30. The third kappa shape index (κ3) is 75.9. The molecule has 5 unspecified atom stereocenters. The molecule has 0 aromatic rings. The monoisotopic (exact) mass is 1510 g/mol. The first-order valence-electron chi connectivity index (χ1n) is 39.3. The Kier molecular flexibility index (Phi) is 72.2. The second-order valence-electron chi connectivity index (χ2n) is 25.1. The van der Waals surface area contributed by atoms with Crippen LogP contribution in [0.5, 0.6) is 0 Å². The van der Waals surface area contributed by atoms with Gasteiger partial charge in [0.2, 0.25) is 0 Å². The zero-order valence-corrected chi connectivity index (χ0v) is 66.8. The topological polar surface area (TPSA) is 237 Å². The van der Waals surface area contributed by atoms with Gasteiger partial charge in [0.15, 0.2) is 12.2 Å². The molecular weight excluding hydrogens is 1380 g/mol. The minimum Gasteiger partial charge on any atom is -0.462 e. The van der Waals surface area contributed by atoms with Crippen molar-refractivity contribution in [1.82, 2.24) is 0 Å². The van der Waals surface area contributed by atoms with E-state index in [9.17, 15) is 43.2 Å². The number of allylic oxidation sites excluding steroid dienone is 34. The molecule has 0 aromatic heterocycles. The van der Waals surface area contributed by atoms with E-state index in [1.54, 1.807) is 0 Å². The van der Waals surface area contributed by atoms with Gasteiger partial charge in [0.05, 0.1) is 26.4 Å². The number of rotatable bonds is 71. The number of aliphatic hydroxyl groups excluding tert-OH is 1. The van der Waals surface area contributed by atoms with Crippen LogP contribution in [0.2, 0.25) is 0 Å². The van der Waals surface area contributed by atoms with Crippen LogP contribution in [0.4, 0.5) is 0 Å². The molecule has 0 saturated carbocycles. The van der Waals surface area contributed by atoms with Gasteiger partial charge >= 0.3 is 39.5 Å². The second kappa shape index (κ2) is 76.8. The molecule has 0 heterocycles. The summed E-state index contributed by atoms with van der Waals surface area (Å²) in [5.74, 6) is -2.42. The van der Waals surface area contributed by atoms with Gasteiger partial charge in [0.1, 0.15) is 19.3 Å². The van der Waals surface area contributed by atoms with Crippen molar-refractivity contribution in [2.24, 2.45) is 0 Å². The van der Waals surface area contributed by atoms with E-state index >= 15 is 0 Å². The van der Waals surface area contributed by atoms with E-state index in [0.29, 0.717) is 38.5 Å². The van der Waals surface area contributed by atoms with E-state index in [-0.39, 0.29) is 25.7 Å². The number of aliphatic hydroxyl groups is 1. The van der Waals surface area contributed by atoms with E-state index < -0.39 is 97.5 Å². The lowest BCUT2D eigenvalue weighted by atomic mass is 10.1. The molecule has 3 N–H and O–H groups in total. The predicted molar refractivity (Wildman–Crippen MR) is 435 cm³/mol. The molecule has 5 atom stereocenters. The summed E-state index contributed by atoms with van der Waals surface area (Å²) in [6.45, 7) is 4.25. The summed E-state index contributed by atoms with van der Waals surface area (Å²) < 4.78 is 68.3. The molecule has 19 heteroatoms. The molecule has 0 aliphatic rings. The van der Waals surface area contributed by atoms with Crippen molar-refractivity contribution in [2.75, 3.05) is 39.6 Å². The van der Waals surface area contributed by atoms with E-state index in [4.69, 9.17) is 37.0 Å². The smallest absolute Gasteiger partial charge is 0.462 e. The number of phosphoric ester groups is 2. The summed E-state index contributed by atoms with van der Waals surface area (Å²) in [6.07, 6.45) is 95.6. The van der Waals surface area contributed by atoms with Crippen LogP contribution in [-0.2, 0) is 65.4 Å².